The van der Waals surface area contributed by atoms with E-state index in [1.807, 2.05) is 11.8 Å². The Balaban J connectivity index is 1.53. The minimum Gasteiger partial charge on any atom is -0.384 e. The molecule has 0 aromatic carbocycles. The van der Waals surface area contributed by atoms with Crippen molar-refractivity contribution < 1.29 is 9.53 Å². The molecule has 2 N–H and O–H groups in total. The monoisotopic (exact) mass is 347 g/mol. The summed E-state index contributed by atoms with van der Waals surface area (Å²) < 4.78 is 5.75. The molecule has 0 aliphatic carbocycles. The summed E-state index contributed by atoms with van der Waals surface area (Å²) in [6, 6.07) is 2.12. The first-order valence-electron chi connectivity index (χ1n) is 9.25. The van der Waals surface area contributed by atoms with Gasteiger partial charge in [-0.25, -0.2) is 9.97 Å². The van der Waals surface area contributed by atoms with Crippen LogP contribution in [-0.2, 0) is 16.1 Å². The Morgan fingerprint density at radius 3 is 2.92 bits per heavy atom. The summed E-state index contributed by atoms with van der Waals surface area (Å²) in [5, 5.41) is 0. The number of aromatic nitrogens is 2. The molecule has 3 atom stereocenters. The summed E-state index contributed by atoms with van der Waals surface area (Å²) in [6.45, 7) is 4.33. The van der Waals surface area contributed by atoms with Gasteiger partial charge in [0.15, 0.2) is 0 Å². The Morgan fingerprint density at radius 1 is 1.36 bits per heavy atom. The number of anilines is 1. The number of carbonyl (C=O) groups is 1. The molecule has 2 aliphatic heterocycles. The maximum atomic E-state index is 12.7. The molecule has 138 valence electrons. The highest BCUT2D eigenvalue weighted by molar-refractivity contribution is 5.81. The number of likely N-dealkylation sites (tertiary alicyclic amines) is 1. The van der Waals surface area contributed by atoms with Crippen LogP contribution in [0.3, 0.4) is 0 Å². The van der Waals surface area contributed by atoms with Crippen LogP contribution in [-0.4, -0.2) is 64.1 Å². The molecule has 3 unspecified atom stereocenters. The standard InChI is InChI=1S/C18H29N5O2/c1-13-5-6-15(25-13)18(24)23-10-3-4-14(8-11-23)22(2)12-17-20-9-7-16(19)21-17/h7,9,13-15H,3-6,8,10-12H2,1-2H3,(H2,19,20,21). The summed E-state index contributed by atoms with van der Waals surface area (Å²) in [4.78, 5) is 25.5. The lowest BCUT2D eigenvalue weighted by atomic mass is 10.1. The van der Waals surface area contributed by atoms with E-state index in [1.54, 1.807) is 12.3 Å². The van der Waals surface area contributed by atoms with Crippen LogP contribution in [0.15, 0.2) is 12.3 Å². The number of hydrogen-bond acceptors (Lipinski definition) is 6. The maximum absolute atomic E-state index is 12.7. The van der Waals surface area contributed by atoms with E-state index >= 15 is 0 Å². The minimum atomic E-state index is -0.232. The van der Waals surface area contributed by atoms with Gasteiger partial charge in [0.05, 0.1) is 12.6 Å². The van der Waals surface area contributed by atoms with Crippen molar-refractivity contribution >= 4 is 11.7 Å². The Morgan fingerprint density at radius 2 is 2.20 bits per heavy atom. The van der Waals surface area contributed by atoms with Crippen molar-refractivity contribution in [3.63, 3.8) is 0 Å². The SMILES string of the molecule is CC1CCC(C(=O)N2CCCC(N(C)Cc3nccc(N)n3)CC2)O1. The molecule has 3 heterocycles. The lowest BCUT2D eigenvalue weighted by Gasteiger charge is -2.27. The van der Waals surface area contributed by atoms with Crippen molar-refractivity contribution in [2.24, 2.45) is 0 Å². The number of nitrogens with zero attached hydrogens (tertiary/aromatic N) is 4. The molecule has 7 heteroatoms. The average molecular weight is 347 g/mol. The molecule has 25 heavy (non-hydrogen) atoms. The average Bonchev–Trinajstić information content (AvgIpc) is 2.87. The number of ether oxygens (including phenoxy) is 1. The highest BCUT2D eigenvalue weighted by atomic mass is 16.5. The Bertz CT molecular complexity index is 597. The van der Waals surface area contributed by atoms with Crippen LogP contribution in [0.4, 0.5) is 5.82 Å². The highest BCUT2D eigenvalue weighted by Gasteiger charge is 2.33. The van der Waals surface area contributed by atoms with Crippen molar-refractivity contribution in [1.82, 2.24) is 19.8 Å². The van der Waals surface area contributed by atoms with Crippen molar-refractivity contribution in [1.29, 1.82) is 0 Å². The highest BCUT2D eigenvalue weighted by Crippen LogP contribution is 2.23. The van der Waals surface area contributed by atoms with Gasteiger partial charge in [-0.1, -0.05) is 0 Å². The van der Waals surface area contributed by atoms with Gasteiger partial charge < -0.3 is 15.4 Å². The molecule has 0 spiro atoms. The lowest BCUT2D eigenvalue weighted by molar-refractivity contribution is -0.142. The summed E-state index contributed by atoms with van der Waals surface area (Å²) in [5.74, 6) is 1.42. The third-order valence-corrected chi connectivity index (χ3v) is 5.26. The van der Waals surface area contributed by atoms with Gasteiger partial charge >= 0.3 is 0 Å². The zero-order chi connectivity index (χ0) is 17.8. The quantitative estimate of drug-likeness (QED) is 0.887. The van der Waals surface area contributed by atoms with Gasteiger partial charge in [0.25, 0.3) is 5.91 Å². The third-order valence-electron chi connectivity index (χ3n) is 5.26. The molecular weight excluding hydrogens is 318 g/mol. The first-order valence-corrected chi connectivity index (χ1v) is 9.25. The molecule has 2 aliphatic rings. The van der Waals surface area contributed by atoms with Gasteiger partial charge in [-0.2, -0.15) is 0 Å². The first-order chi connectivity index (χ1) is 12.0. The second-order valence-electron chi connectivity index (χ2n) is 7.24. The van der Waals surface area contributed by atoms with Crippen LogP contribution >= 0.6 is 0 Å². The van der Waals surface area contributed by atoms with Gasteiger partial charge in [-0.15, -0.1) is 0 Å². The normalized spacial score (nSPS) is 27.5. The zero-order valence-electron chi connectivity index (χ0n) is 15.2. The predicted octanol–water partition coefficient (Wildman–Crippen LogP) is 1.44. The molecule has 7 nitrogen and oxygen atoms in total. The second-order valence-corrected chi connectivity index (χ2v) is 7.24. The number of carbonyl (C=O) groups excluding carboxylic acids is 1. The zero-order valence-corrected chi connectivity index (χ0v) is 15.2. The van der Waals surface area contributed by atoms with Crippen molar-refractivity contribution in [2.45, 2.75) is 63.8 Å². The molecule has 2 saturated heterocycles. The van der Waals surface area contributed by atoms with Crippen LogP contribution in [0.5, 0.6) is 0 Å². The number of nitrogen functional groups attached to an aromatic ring is 1. The van der Waals surface area contributed by atoms with Crippen LogP contribution in [0.1, 0.15) is 44.9 Å². The fraction of sp³-hybridized carbons (Fsp3) is 0.722. The third kappa shape index (κ3) is 4.67. The Kier molecular flexibility index (Phi) is 5.86. The fourth-order valence-electron chi connectivity index (χ4n) is 3.77. The van der Waals surface area contributed by atoms with E-state index in [1.165, 1.54) is 0 Å². The predicted molar refractivity (Wildman–Crippen MR) is 95.7 cm³/mol. The topological polar surface area (TPSA) is 84.6 Å². The summed E-state index contributed by atoms with van der Waals surface area (Å²) in [6.07, 6.45) is 6.56. The van der Waals surface area contributed by atoms with E-state index in [9.17, 15) is 4.79 Å². The van der Waals surface area contributed by atoms with Crippen LogP contribution in [0.25, 0.3) is 0 Å². The van der Waals surface area contributed by atoms with Gasteiger partial charge in [-0.05, 0) is 52.1 Å². The smallest absolute Gasteiger partial charge is 0.251 e. The van der Waals surface area contributed by atoms with Gasteiger partial charge in [-0.3, -0.25) is 9.69 Å². The number of amides is 1. The summed E-state index contributed by atoms with van der Waals surface area (Å²) in [5.41, 5.74) is 5.73. The molecule has 1 aromatic heterocycles. The van der Waals surface area contributed by atoms with Gasteiger partial charge in [0.1, 0.15) is 17.7 Å². The number of rotatable bonds is 4. The summed E-state index contributed by atoms with van der Waals surface area (Å²) in [7, 11) is 2.09. The van der Waals surface area contributed by atoms with Crippen LogP contribution in [0, 0.1) is 0 Å². The molecule has 1 amide bonds. The van der Waals surface area contributed by atoms with E-state index in [2.05, 4.69) is 21.9 Å². The maximum Gasteiger partial charge on any atom is 0.251 e. The lowest BCUT2D eigenvalue weighted by Crippen LogP contribution is -2.40. The molecular formula is C18H29N5O2. The molecule has 0 saturated carbocycles. The fourth-order valence-corrected chi connectivity index (χ4v) is 3.77. The van der Waals surface area contributed by atoms with Crippen molar-refractivity contribution in [3.8, 4) is 0 Å². The largest absolute Gasteiger partial charge is 0.384 e. The number of hydrogen-bond donors (Lipinski definition) is 1. The van der Waals surface area contributed by atoms with E-state index in [4.69, 9.17) is 10.5 Å². The molecule has 3 rings (SSSR count). The molecule has 1 aromatic rings. The van der Waals surface area contributed by atoms with E-state index < -0.39 is 0 Å². The van der Waals surface area contributed by atoms with Crippen LogP contribution < -0.4 is 5.73 Å². The molecule has 0 radical (unpaired) electrons. The number of nitrogens with two attached hydrogens (primary N) is 1. The Hall–Kier alpha value is -1.73. The van der Waals surface area contributed by atoms with E-state index in [0.717, 1.165) is 51.0 Å². The molecule has 2 fully saturated rings. The summed E-state index contributed by atoms with van der Waals surface area (Å²) >= 11 is 0. The van der Waals surface area contributed by atoms with Gasteiger partial charge in [0, 0.05) is 25.3 Å². The van der Waals surface area contributed by atoms with Gasteiger partial charge in [0.2, 0.25) is 0 Å². The van der Waals surface area contributed by atoms with E-state index in [0.29, 0.717) is 18.4 Å². The second kappa shape index (κ2) is 8.10. The molecule has 0 bridgehead atoms. The van der Waals surface area contributed by atoms with Crippen molar-refractivity contribution in [3.05, 3.63) is 18.1 Å². The van der Waals surface area contributed by atoms with Crippen LogP contribution in [0.2, 0.25) is 0 Å². The minimum absolute atomic E-state index is 0.173. The first kappa shape index (κ1) is 18.1. The van der Waals surface area contributed by atoms with Crippen molar-refractivity contribution in [2.75, 3.05) is 25.9 Å². The van der Waals surface area contributed by atoms with E-state index in [-0.39, 0.29) is 18.1 Å². The Labute approximate surface area is 149 Å².